The van der Waals surface area contributed by atoms with E-state index in [1.165, 1.54) is 7.05 Å². The molecule has 1 amide bonds. The molecule has 1 aromatic rings. The topological polar surface area (TPSA) is 66.8 Å². The van der Waals surface area contributed by atoms with E-state index in [1.54, 1.807) is 18.2 Å². The summed E-state index contributed by atoms with van der Waals surface area (Å²) in [7, 11) is 1.42. The molecule has 1 N–H and O–H groups in total. The first-order chi connectivity index (χ1) is 7.99. The summed E-state index contributed by atoms with van der Waals surface area (Å²) in [6.45, 7) is -0.513. The van der Waals surface area contributed by atoms with Gasteiger partial charge in [-0.2, -0.15) is 0 Å². The predicted octanol–water partition coefficient (Wildman–Crippen LogP) is 1.37. The van der Waals surface area contributed by atoms with E-state index in [0.717, 1.165) is 9.37 Å². The highest BCUT2D eigenvalue weighted by atomic mass is 79.9. The fourth-order valence-corrected chi connectivity index (χ4v) is 1.48. The molecule has 0 aromatic heterocycles. The van der Waals surface area contributed by atoms with Crippen LogP contribution in [-0.2, 0) is 9.59 Å². The Morgan fingerprint density at radius 3 is 2.76 bits per heavy atom. The number of carboxylic acids is 1. The van der Waals surface area contributed by atoms with Gasteiger partial charge in [0.25, 0.3) is 5.91 Å². The number of nitrogens with zero attached hydrogens (tertiary/aromatic N) is 1. The van der Waals surface area contributed by atoms with Gasteiger partial charge in [-0.15, -0.1) is 0 Å². The Morgan fingerprint density at radius 2 is 2.18 bits per heavy atom. The van der Waals surface area contributed by atoms with Crippen molar-refractivity contribution >= 4 is 27.8 Å². The quantitative estimate of drug-likeness (QED) is 0.892. The number of amides is 1. The third-order valence-corrected chi connectivity index (χ3v) is 2.45. The second-order valence-electron chi connectivity index (χ2n) is 3.39. The molecule has 0 fully saturated rings. The number of halogens is 1. The van der Waals surface area contributed by atoms with E-state index < -0.39 is 5.97 Å². The molecule has 0 radical (unpaired) electrons. The molecule has 0 heterocycles. The Hall–Kier alpha value is -1.56. The lowest BCUT2D eigenvalue weighted by molar-refractivity contribution is -0.144. The van der Waals surface area contributed by atoms with Crippen molar-refractivity contribution in [3.8, 4) is 5.75 Å². The molecular formula is C11H12BrNO4. The van der Waals surface area contributed by atoms with Crippen molar-refractivity contribution in [2.75, 3.05) is 20.2 Å². The highest BCUT2D eigenvalue weighted by molar-refractivity contribution is 9.10. The molecule has 0 saturated carbocycles. The van der Waals surface area contributed by atoms with E-state index in [1.807, 2.05) is 6.07 Å². The molecule has 6 heteroatoms. The minimum absolute atomic E-state index is 0.180. The summed E-state index contributed by atoms with van der Waals surface area (Å²) in [6, 6.07) is 7.07. The van der Waals surface area contributed by atoms with Crippen LogP contribution in [-0.4, -0.2) is 42.1 Å². The van der Waals surface area contributed by atoms with Crippen LogP contribution in [0.25, 0.3) is 0 Å². The van der Waals surface area contributed by atoms with E-state index in [2.05, 4.69) is 15.9 Å². The lowest BCUT2D eigenvalue weighted by Gasteiger charge is -2.14. The maximum atomic E-state index is 11.5. The average Bonchev–Trinajstić information content (AvgIpc) is 2.25. The fraction of sp³-hybridized carbons (Fsp3) is 0.273. The molecule has 0 aliphatic heterocycles. The third-order valence-electron chi connectivity index (χ3n) is 1.96. The van der Waals surface area contributed by atoms with Gasteiger partial charge in [0.05, 0.1) is 0 Å². The zero-order valence-corrected chi connectivity index (χ0v) is 10.8. The van der Waals surface area contributed by atoms with Crippen molar-refractivity contribution in [2.45, 2.75) is 0 Å². The van der Waals surface area contributed by atoms with E-state index in [-0.39, 0.29) is 19.1 Å². The van der Waals surface area contributed by atoms with Gasteiger partial charge in [0.2, 0.25) is 0 Å². The summed E-state index contributed by atoms with van der Waals surface area (Å²) in [4.78, 5) is 23.0. The Morgan fingerprint density at radius 1 is 1.47 bits per heavy atom. The fourth-order valence-electron chi connectivity index (χ4n) is 1.10. The van der Waals surface area contributed by atoms with Crippen molar-refractivity contribution in [3.05, 3.63) is 28.7 Å². The number of likely N-dealkylation sites (N-methyl/N-ethyl adjacent to an activating group) is 1. The normalized spacial score (nSPS) is 9.76. The van der Waals surface area contributed by atoms with Gasteiger partial charge in [-0.25, -0.2) is 0 Å². The van der Waals surface area contributed by atoms with Crippen molar-refractivity contribution < 1.29 is 19.4 Å². The van der Waals surface area contributed by atoms with E-state index in [4.69, 9.17) is 9.84 Å². The molecule has 0 spiro atoms. The van der Waals surface area contributed by atoms with Crippen LogP contribution in [0.4, 0.5) is 0 Å². The first-order valence-electron chi connectivity index (χ1n) is 4.83. The van der Waals surface area contributed by atoms with Gasteiger partial charge < -0.3 is 14.7 Å². The zero-order chi connectivity index (χ0) is 12.8. The van der Waals surface area contributed by atoms with E-state index in [0.29, 0.717) is 5.75 Å². The lowest BCUT2D eigenvalue weighted by Crippen LogP contribution is -2.35. The maximum Gasteiger partial charge on any atom is 0.323 e. The van der Waals surface area contributed by atoms with Crippen molar-refractivity contribution in [2.24, 2.45) is 0 Å². The SMILES string of the molecule is CN(CC(=O)O)C(=O)COc1cccc(Br)c1. The predicted molar refractivity (Wildman–Crippen MR) is 64.9 cm³/mol. The van der Waals surface area contributed by atoms with Gasteiger partial charge in [-0.05, 0) is 18.2 Å². The van der Waals surface area contributed by atoms with Crippen LogP contribution in [0.3, 0.4) is 0 Å². The summed E-state index contributed by atoms with van der Waals surface area (Å²) >= 11 is 3.28. The summed E-state index contributed by atoms with van der Waals surface area (Å²) in [5.41, 5.74) is 0. The average molecular weight is 302 g/mol. The second kappa shape index (κ2) is 6.24. The highest BCUT2D eigenvalue weighted by Gasteiger charge is 2.12. The van der Waals surface area contributed by atoms with Crippen LogP contribution < -0.4 is 4.74 Å². The molecule has 5 nitrogen and oxygen atoms in total. The summed E-state index contributed by atoms with van der Waals surface area (Å²) < 4.78 is 6.09. The number of carbonyl (C=O) groups excluding carboxylic acids is 1. The molecule has 0 bridgehead atoms. The molecule has 1 aromatic carbocycles. The van der Waals surface area contributed by atoms with Crippen LogP contribution in [0.15, 0.2) is 28.7 Å². The maximum absolute atomic E-state index is 11.5. The number of aliphatic carboxylic acids is 1. The van der Waals surface area contributed by atoms with Gasteiger partial charge in [0.15, 0.2) is 6.61 Å². The Bertz CT molecular complexity index is 422. The minimum atomic E-state index is -1.05. The van der Waals surface area contributed by atoms with Crippen LogP contribution >= 0.6 is 15.9 Å². The largest absolute Gasteiger partial charge is 0.484 e. The van der Waals surface area contributed by atoms with E-state index >= 15 is 0 Å². The summed E-state index contributed by atoms with van der Waals surface area (Å²) in [5, 5.41) is 8.51. The van der Waals surface area contributed by atoms with Gasteiger partial charge in [-0.3, -0.25) is 9.59 Å². The molecule has 0 aliphatic carbocycles. The zero-order valence-electron chi connectivity index (χ0n) is 9.22. The van der Waals surface area contributed by atoms with Crippen LogP contribution in [0, 0.1) is 0 Å². The summed E-state index contributed by atoms with van der Waals surface area (Å²) in [6.07, 6.45) is 0. The van der Waals surface area contributed by atoms with Crippen LogP contribution in [0.2, 0.25) is 0 Å². The van der Waals surface area contributed by atoms with Gasteiger partial charge in [-0.1, -0.05) is 22.0 Å². The highest BCUT2D eigenvalue weighted by Crippen LogP contribution is 2.17. The number of benzene rings is 1. The van der Waals surface area contributed by atoms with Crippen molar-refractivity contribution in [1.82, 2.24) is 4.90 Å². The Labute approximate surface area is 107 Å². The monoisotopic (exact) mass is 301 g/mol. The lowest BCUT2D eigenvalue weighted by atomic mass is 10.3. The van der Waals surface area contributed by atoms with Crippen LogP contribution in [0.5, 0.6) is 5.75 Å². The Kier molecular flexibility index (Phi) is 4.96. The van der Waals surface area contributed by atoms with Gasteiger partial charge in [0.1, 0.15) is 12.3 Å². The standard InChI is InChI=1S/C11H12BrNO4/c1-13(6-11(15)16)10(14)7-17-9-4-2-3-8(12)5-9/h2-5H,6-7H2,1H3,(H,15,16). The number of ether oxygens (including phenoxy) is 1. The molecule has 0 aliphatic rings. The van der Waals surface area contributed by atoms with Crippen molar-refractivity contribution in [3.63, 3.8) is 0 Å². The third kappa shape index (κ3) is 4.86. The first kappa shape index (κ1) is 13.5. The molecule has 0 saturated heterocycles. The van der Waals surface area contributed by atoms with Gasteiger partial charge >= 0.3 is 5.97 Å². The van der Waals surface area contributed by atoms with Crippen LogP contribution in [0.1, 0.15) is 0 Å². The van der Waals surface area contributed by atoms with Gasteiger partial charge in [0, 0.05) is 11.5 Å². The molecule has 0 atom stereocenters. The molecule has 0 unspecified atom stereocenters. The second-order valence-corrected chi connectivity index (χ2v) is 4.31. The number of carbonyl (C=O) groups is 2. The summed E-state index contributed by atoms with van der Waals surface area (Å²) in [5.74, 6) is -0.882. The molecule has 17 heavy (non-hydrogen) atoms. The molecule has 92 valence electrons. The Balaban J connectivity index is 2.45. The molecular weight excluding hydrogens is 290 g/mol. The number of hydrogen-bond acceptors (Lipinski definition) is 3. The first-order valence-corrected chi connectivity index (χ1v) is 5.62. The minimum Gasteiger partial charge on any atom is -0.484 e. The number of hydrogen-bond donors (Lipinski definition) is 1. The van der Waals surface area contributed by atoms with Crippen molar-refractivity contribution in [1.29, 1.82) is 0 Å². The number of carboxylic acid groups (broad SMARTS) is 1. The smallest absolute Gasteiger partial charge is 0.323 e. The number of rotatable bonds is 5. The molecule has 1 rings (SSSR count). The van der Waals surface area contributed by atoms with E-state index in [9.17, 15) is 9.59 Å².